The lowest BCUT2D eigenvalue weighted by Gasteiger charge is -2.29. The molecule has 0 saturated carbocycles. The lowest BCUT2D eigenvalue weighted by atomic mass is 10.0. The van der Waals surface area contributed by atoms with Crippen molar-refractivity contribution < 1.29 is 14.3 Å². The largest absolute Gasteiger partial charge is 0.494 e. The molecule has 1 fully saturated rings. The van der Waals surface area contributed by atoms with Crippen molar-refractivity contribution in [3.63, 3.8) is 0 Å². The third-order valence-electron chi connectivity index (χ3n) is 6.23. The number of carbonyl (C=O) groups excluding carboxylic acids is 2. The summed E-state index contributed by atoms with van der Waals surface area (Å²) in [5.41, 5.74) is 4.75. The average molecular weight is 518 g/mol. The number of carbonyl (C=O) groups is 2. The van der Waals surface area contributed by atoms with Crippen molar-refractivity contribution in [2.24, 2.45) is 0 Å². The summed E-state index contributed by atoms with van der Waals surface area (Å²) in [7, 11) is 0. The molecule has 1 saturated heterocycles. The van der Waals surface area contributed by atoms with Crippen LogP contribution in [0.25, 0.3) is 6.08 Å². The number of halogens is 1. The van der Waals surface area contributed by atoms with Gasteiger partial charge in [-0.2, -0.15) is 0 Å². The van der Waals surface area contributed by atoms with Gasteiger partial charge in [-0.15, -0.1) is 0 Å². The van der Waals surface area contributed by atoms with E-state index in [1.807, 2.05) is 49.4 Å². The molecule has 6 nitrogen and oxygen atoms in total. The van der Waals surface area contributed by atoms with E-state index in [0.29, 0.717) is 18.0 Å². The van der Waals surface area contributed by atoms with E-state index in [4.69, 9.17) is 28.6 Å². The van der Waals surface area contributed by atoms with Crippen molar-refractivity contribution >= 4 is 58.2 Å². The van der Waals surface area contributed by atoms with Gasteiger partial charge in [-0.3, -0.25) is 19.8 Å². The predicted molar refractivity (Wildman–Crippen MR) is 146 cm³/mol. The van der Waals surface area contributed by atoms with Crippen LogP contribution in [0.4, 0.5) is 11.4 Å². The monoisotopic (exact) mass is 517 g/mol. The normalized spacial score (nSPS) is 16.4. The van der Waals surface area contributed by atoms with Crippen molar-refractivity contribution in [3.8, 4) is 5.75 Å². The van der Waals surface area contributed by atoms with Crippen LogP contribution in [0.2, 0.25) is 5.02 Å². The highest BCUT2D eigenvalue weighted by atomic mass is 35.5. The summed E-state index contributed by atoms with van der Waals surface area (Å²) in [6.07, 6.45) is 2.50. The van der Waals surface area contributed by atoms with Gasteiger partial charge in [0.25, 0.3) is 11.8 Å². The number of thiocarbonyl (C=S) groups is 1. The van der Waals surface area contributed by atoms with Gasteiger partial charge in [0.05, 0.1) is 12.3 Å². The first-order valence-electron chi connectivity index (χ1n) is 11.7. The second-order valence-corrected chi connectivity index (χ2v) is 9.33. The van der Waals surface area contributed by atoms with Gasteiger partial charge in [0.2, 0.25) is 0 Å². The predicted octanol–water partition coefficient (Wildman–Crippen LogP) is 5.13. The van der Waals surface area contributed by atoms with Crippen LogP contribution >= 0.6 is 23.8 Å². The second-order valence-electron chi connectivity index (χ2n) is 8.54. The van der Waals surface area contributed by atoms with Crippen LogP contribution in [0.3, 0.4) is 0 Å². The van der Waals surface area contributed by atoms with Crippen LogP contribution in [-0.2, 0) is 22.6 Å². The Kier molecular flexibility index (Phi) is 6.76. The maximum Gasteiger partial charge on any atom is 0.270 e. The summed E-state index contributed by atoms with van der Waals surface area (Å²) in [5, 5.41) is 3.44. The molecule has 8 heteroatoms. The lowest BCUT2D eigenvalue weighted by molar-refractivity contribution is -0.122. The highest BCUT2D eigenvalue weighted by Gasteiger charge is 2.34. The Morgan fingerprint density at radius 3 is 2.61 bits per heavy atom. The van der Waals surface area contributed by atoms with E-state index < -0.39 is 11.8 Å². The molecule has 0 bridgehead atoms. The van der Waals surface area contributed by atoms with E-state index in [1.54, 1.807) is 30.3 Å². The molecule has 0 spiro atoms. The first-order valence-corrected chi connectivity index (χ1v) is 12.5. The Morgan fingerprint density at radius 2 is 1.86 bits per heavy atom. The quantitative estimate of drug-likeness (QED) is 0.279. The van der Waals surface area contributed by atoms with Gasteiger partial charge in [-0.1, -0.05) is 35.9 Å². The summed E-state index contributed by atoms with van der Waals surface area (Å²) in [6.45, 7) is 4.04. The van der Waals surface area contributed by atoms with Gasteiger partial charge in [0.15, 0.2) is 5.11 Å². The molecule has 5 rings (SSSR count). The summed E-state index contributed by atoms with van der Waals surface area (Å²) >= 11 is 11.7. The topological polar surface area (TPSA) is 61.9 Å². The molecule has 2 aliphatic heterocycles. The highest BCUT2D eigenvalue weighted by Crippen LogP contribution is 2.32. The number of hydrogen-bond donors (Lipinski definition) is 1. The van der Waals surface area contributed by atoms with Gasteiger partial charge in [0.1, 0.15) is 11.3 Å². The fourth-order valence-electron chi connectivity index (χ4n) is 4.49. The number of rotatable bonds is 6. The number of benzene rings is 3. The Morgan fingerprint density at radius 1 is 1.08 bits per heavy atom. The second kappa shape index (κ2) is 10.1. The minimum Gasteiger partial charge on any atom is -0.494 e. The Labute approximate surface area is 220 Å². The summed E-state index contributed by atoms with van der Waals surface area (Å²) in [5.74, 6) is -0.278. The summed E-state index contributed by atoms with van der Waals surface area (Å²) in [4.78, 5) is 29.7. The summed E-state index contributed by atoms with van der Waals surface area (Å²) in [6, 6.07) is 20.9. The van der Waals surface area contributed by atoms with Gasteiger partial charge in [0, 0.05) is 23.8 Å². The summed E-state index contributed by atoms with van der Waals surface area (Å²) < 4.78 is 5.47. The number of hydrogen-bond acceptors (Lipinski definition) is 5. The smallest absolute Gasteiger partial charge is 0.270 e. The van der Waals surface area contributed by atoms with E-state index >= 15 is 0 Å². The van der Waals surface area contributed by atoms with Crippen molar-refractivity contribution in [3.05, 3.63) is 94.0 Å². The molecular formula is C28H24ClN3O3S. The van der Waals surface area contributed by atoms with Crippen LogP contribution in [-0.4, -0.2) is 30.1 Å². The number of anilines is 2. The van der Waals surface area contributed by atoms with Crippen molar-refractivity contribution in [1.29, 1.82) is 0 Å². The first-order chi connectivity index (χ1) is 17.4. The molecule has 0 aliphatic carbocycles. The van der Waals surface area contributed by atoms with Crippen LogP contribution < -0.4 is 19.9 Å². The van der Waals surface area contributed by atoms with E-state index in [0.717, 1.165) is 41.3 Å². The van der Waals surface area contributed by atoms with Crippen LogP contribution in [0.1, 0.15) is 23.6 Å². The maximum absolute atomic E-state index is 13.3. The standard InChI is InChI=1S/C28H24ClN3O3S/c1-2-35-22-10-8-21(9-11-22)32-27(34)23(26(33)30-28(32)36)16-18-7-12-25-19(15-18)13-14-31(25)17-20-5-3-4-6-24(20)29/h3-12,15-16H,2,13-14,17H2,1H3,(H,30,33,36). The first kappa shape index (κ1) is 24.0. The van der Waals surface area contributed by atoms with E-state index in [2.05, 4.69) is 10.2 Å². The number of amides is 2. The average Bonchev–Trinajstić information content (AvgIpc) is 3.26. The van der Waals surface area contributed by atoms with E-state index in [-0.39, 0.29) is 10.7 Å². The number of fused-ring (bicyclic) bond motifs is 1. The maximum atomic E-state index is 13.3. The molecule has 1 N–H and O–H groups in total. The third kappa shape index (κ3) is 4.72. The molecule has 182 valence electrons. The SMILES string of the molecule is CCOc1ccc(N2C(=O)C(=Cc3ccc4c(c3)CCN4Cc3ccccc3Cl)C(=O)NC2=S)cc1. The van der Waals surface area contributed by atoms with Gasteiger partial charge in [-0.05, 0) is 90.8 Å². The molecule has 0 aromatic heterocycles. The van der Waals surface area contributed by atoms with Gasteiger partial charge < -0.3 is 9.64 Å². The third-order valence-corrected chi connectivity index (χ3v) is 6.89. The molecule has 3 aromatic carbocycles. The van der Waals surface area contributed by atoms with Crippen molar-refractivity contribution in [1.82, 2.24) is 5.32 Å². The zero-order valence-corrected chi connectivity index (χ0v) is 21.2. The molecule has 2 amide bonds. The minimum atomic E-state index is -0.506. The van der Waals surface area contributed by atoms with Crippen molar-refractivity contribution in [2.75, 3.05) is 23.0 Å². The molecule has 0 radical (unpaired) electrons. The van der Waals surface area contributed by atoms with Gasteiger partial charge in [-0.25, -0.2) is 0 Å². The van der Waals surface area contributed by atoms with Crippen molar-refractivity contribution in [2.45, 2.75) is 19.9 Å². The zero-order valence-electron chi connectivity index (χ0n) is 19.7. The molecule has 2 aliphatic rings. The molecular weight excluding hydrogens is 494 g/mol. The van der Waals surface area contributed by atoms with Gasteiger partial charge >= 0.3 is 0 Å². The van der Waals surface area contributed by atoms with Crippen LogP contribution in [0.15, 0.2) is 72.3 Å². The number of nitrogens with one attached hydrogen (secondary N) is 1. The van der Waals surface area contributed by atoms with E-state index in [1.165, 1.54) is 10.5 Å². The van der Waals surface area contributed by atoms with Crippen LogP contribution in [0, 0.1) is 0 Å². The molecule has 0 atom stereocenters. The Hall–Kier alpha value is -3.68. The molecule has 0 unspecified atom stereocenters. The minimum absolute atomic E-state index is 0.0309. The Balaban J connectivity index is 1.39. The Bertz CT molecular complexity index is 1390. The number of nitrogens with zero attached hydrogens (tertiary/aromatic N) is 2. The van der Waals surface area contributed by atoms with E-state index in [9.17, 15) is 9.59 Å². The molecule has 3 aromatic rings. The molecule has 2 heterocycles. The fourth-order valence-corrected chi connectivity index (χ4v) is 4.97. The van der Waals surface area contributed by atoms with Crippen LogP contribution in [0.5, 0.6) is 5.75 Å². The zero-order chi connectivity index (χ0) is 25.2. The molecule has 36 heavy (non-hydrogen) atoms. The number of ether oxygens (including phenoxy) is 1. The highest BCUT2D eigenvalue weighted by molar-refractivity contribution is 7.80. The lowest BCUT2D eigenvalue weighted by Crippen LogP contribution is -2.54. The fraction of sp³-hybridized carbons (Fsp3) is 0.179.